The molecular weight excluding hydrogens is 689 g/mol. The van der Waals surface area contributed by atoms with Crippen LogP contribution in [-0.4, -0.2) is 15.3 Å². The third-order valence-corrected chi connectivity index (χ3v) is 11.6. The molecule has 5 aromatic carbocycles. The van der Waals surface area contributed by atoms with Crippen LogP contribution < -0.4 is 4.74 Å². The lowest BCUT2D eigenvalue weighted by Gasteiger charge is -2.28. The summed E-state index contributed by atoms with van der Waals surface area (Å²) in [6.07, 6.45) is 1.34. The number of benzene rings is 5. The minimum Gasteiger partial charge on any atom is -0.507 e. The Morgan fingerprint density at radius 2 is 0.661 bits per heavy atom. The van der Waals surface area contributed by atoms with Crippen molar-refractivity contribution in [3.63, 3.8) is 0 Å². The van der Waals surface area contributed by atoms with Crippen LogP contribution in [0.2, 0.25) is 0 Å². The van der Waals surface area contributed by atoms with E-state index in [9.17, 15) is 15.3 Å². The Hall–Kier alpha value is -4.70. The number of hydrogen-bond donors (Lipinski definition) is 3. The minimum atomic E-state index is -0.250. The van der Waals surface area contributed by atoms with Crippen LogP contribution in [-0.2, 0) is 47.3 Å². The first-order valence-corrected chi connectivity index (χ1v) is 20.3. The van der Waals surface area contributed by atoms with Crippen LogP contribution in [0.5, 0.6) is 23.0 Å². The Kier molecular flexibility index (Phi) is 10.7. The van der Waals surface area contributed by atoms with Crippen LogP contribution in [0.3, 0.4) is 0 Å². The molecular formula is C52H64O4. The number of aromatic hydroxyl groups is 3. The monoisotopic (exact) mass is 752 g/mol. The van der Waals surface area contributed by atoms with E-state index in [1.165, 1.54) is 0 Å². The smallest absolute Gasteiger partial charge is 0.127 e. The van der Waals surface area contributed by atoms with Crippen molar-refractivity contribution in [1.82, 2.24) is 0 Å². The number of fused-ring (bicyclic) bond motifs is 8. The van der Waals surface area contributed by atoms with Gasteiger partial charge in [0.15, 0.2) is 0 Å². The van der Waals surface area contributed by atoms with E-state index in [0.717, 1.165) is 78.1 Å². The van der Waals surface area contributed by atoms with Gasteiger partial charge < -0.3 is 20.1 Å². The minimum absolute atomic E-state index is 0.181. The molecule has 1 aliphatic carbocycles. The lowest BCUT2D eigenvalue weighted by atomic mass is 9.79. The fourth-order valence-electron chi connectivity index (χ4n) is 7.78. The van der Waals surface area contributed by atoms with Gasteiger partial charge in [0.05, 0.1) is 0 Å². The molecule has 4 heteroatoms. The first kappa shape index (κ1) is 40.9. The van der Waals surface area contributed by atoms with Gasteiger partial charge >= 0.3 is 0 Å². The van der Waals surface area contributed by atoms with Crippen molar-refractivity contribution < 1.29 is 20.1 Å². The fraction of sp³-hybridized carbons (Fsp3) is 0.423. The van der Waals surface area contributed by atoms with Gasteiger partial charge in [0.1, 0.15) is 29.1 Å². The molecule has 0 saturated heterocycles. The molecule has 296 valence electrons. The highest BCUT2D eigenvalue weighted by molar-refractivity contribution is 5.59. The number of phenolic OH excluding ortho intramolecular Hbond substituents is 3. The van der Waals surface area contributed by atoms with Crippen LogP contribution in [0.1, 0.15) is 168 Å². The Balaban J connectivity index is 1.72. The van der Waals surface area contributed by atoms with E-state index in [0.29, 0.717) is 25.7 Å². The Labute approximate surface area is 336 Å². The molecule has 0 unspecified atom stereocenters. The summed E-state index contributed by atoms with van der Waals surface area (Å²) in [5.41, 5.74) is 11.5. The first-order chi connectivity index (χ1) is 25.9. The number of hydrogen-bond acceptors (Lipinski definition) is 4. The summed E-state index contributed by atoms with van der Waals surface area (Å²) >= 11 is 0. The molecule has 0 aliphatic heterocycles. The largest absolute Gasteiger partial charge is 0.507 e. The van der Waals surface area contributed by atoms with E-state index in [4.69, 9.17) is 4.74 Å². The van der Waals surface area contributed by atoms with Crippen molar-refractivity contribution in [3.05, 3.63) is 151 Å². The molecule has 56 heavy (non-hydrogen) atoms. The van der Waals surface area contributed by atoms with Gasteiger partial charge in [-0.2, -0.15) is 0 Å². The highest BCUT2D eigenvalue weighted by atomic mass is 16.5. The van der Waals surface area contributed by atoms with Gasteiger partial charge in [-0.05, 0) is 101 Å². The van der Waals surface area contributed by atoms with Gasteiger partial charge in [0, 0.05) is 25.7 Å². The van der Waals surface area contributed by atoms with Crippen LogP contribution in [0.25, 0.3) is 0 Å². The molecule has 4 nitrogen and oxygen atoms in total. The van der Waals surface area contributed by atoms with Gasteiger partial charge in [-0.25, -0.2) is 0 Å². The van der Waals surface area contributed by atoms with Gasteiger partial charge in [0.25, 0.3) is 0 Å². The standard InChI is InChI=1S/C52H64O4/c1-31(32-17-15-14-16-18-32)56-48-39-21-37-27-42(50(5,6)7)25-35(46(37)54)19-33-23-41(49(2,3)4)24-34(45(33)53)20-36-26-43(51(8,9)10)28-38(47(36)55)22-40(48)30-44(29-39)52(11,12)13/h14-18,23-31,53-55H,19-22H2,1-13H3/t31-/m0/s1. The van der Waals surface area contributed by atoms with Gasteiger partial charge in [-0.1, -0.05) is 162 Å². The van der Waals surface area contributed by atoms with Crippen LogP contribution in [0.15, 0.2) is 78.9 Å². The molecule has 0 heterocycles. The third-order valence-electron chi connectivity index (χ3n) is 11.6. The lowest BCUT2D eigenvalue weighted by molar-refractivity contribution is 0.222. The zero-order chi connectivity index (χ0) is 41.1. The van der Waals surface area contributed by atoms with E-state index in [1.54, 1.807) is 0 Å². The van der Waals surface area contributed by atoms with Gasteiger partial charge in [0.2, 0.25) is 0 Å². The Bertz CT molecular complexity index is 2130. The third kappa shape index (κ3) is 8.65. The van der Waals surface area contributed by atoms with E-state index in [1.807, 2.05) is 18.2 Å². The summed E-state index contributed by atoms with van der Waals surface area (Å²) < 4.78 is 7.09. The number of rotatable bonds is 3. The molecule has 8 bridgehead atoms. The zero-order valence-corrected chi connectivity index (χ0v) is 36.2. The van der Waals surface area contributed by atoms with Crippen molar-refractivity contribution in [3.8, 4) is 23.0 Å². The van der Waals surface area contributed by atoms with Crippen LogP contribution >= 0.6 is 0 Å². The predicted octanol–water partition coefficient (Wildman–Crippen LogP) is 12.8. The summed E-state index contributed by atoms with van der Waals surface area (Å²) in [6.45, 7) is 28.5. The summed E-state index contributed by atoms with van der Waals surface area (Å²) in [4.78, 5) is 0. The molecule has 5 aromatic rings. The molecule has 0 amide bonds. The van der Waals surface area contributed by atoms with E-state index < -0.39 is 0 Å². The summed E-state index contributed by atoms with van der Waals surface area (Å²) in [6, 6.07) is 27.5. The molecule has 6 rings (SSSR count). The lowest BCUT2D eigenvalue weighted by Crippen LogP contribution is -2.16. The van der Waals surface area contributed by atoms with E-state index >= 15 is 0 Å². The van der Waals surface area contributed by atoms with Crippen molar-refractivity contribution in [1.29, 1.82) is 0 Å². The Morgan fingerprint density at radius 3 is 0.929 bits per heavy atom. The van der Waals surface area contributed by atoms with E-state index in [2.05, 4.69) is 151 Å². The molecule has 0 radical (unpaired) electrons. The molecule has 0 fully saturated rings. The second-order valence-electron chi connectivity index (χ2n) is 20.4. The highest BCUT2D eigenvalue weighted by Gasteiger charge is 2.28. The van der Waals surface area contributed by atoms with Gasteiger partial charge in [-0.3, -0.25) is 0 Å². The number of ether oxygens (including phenoxy) is 1. The Morgan fingerprint density at radius 1 is 0.411 bits per heavy atom. The second-order valence-corrected chi connectivity index (χ2v) is 20.4. The van der Waals surface area contributed by atoms with E-state index in [-0.39, 0.29) is 45.0 Å². The molecule has 1 aliphatic rings. The SMILES string of the molecule is C[C@H](Oc1c2cc(C(C)(C)C)cc1Cc1cc(C(C)(C)C)cc(c1O)Cc1cc(C(C)(C)C)cc(c1O)Cc1cc(C(C)(C)C)cc(c1O)C2)c1ccccc1. The summed E-state index contributed by atoms with van der Waals surface area (Å²) in [5.74, 6) is 1.48. The molecule has 0 saturated carbocycles. The maximum Gasteiger partial charge on any atom is 0.127 e. The molecule has 3 N–H and O–H groups in total. The van der Waals surface area contributed by atoms with Gasteiger partial charge in [-0.15, -0.1) is 0 Å². The quantitative estimate of drug-likeness (QED) is 0.168. The summed E-state index contributed by atoms with van der Waals surface area (Å²) in [7, 11) is 0. The second kappa shape index (κ2) is 14.7. The fourth-order valence-corrected chi connectivity index (χ4v) is 7.78. The summed E-state index contributed by atoms with van der Waals surface area (Å²) in [5, 5.41) is 36.7. The number of phenols is 3. The van der Waals surface area contributed by atoms with Crippen LogP contribution in [0.4, 0.5) is 0 Å². The van der Waals surface area contributed by atoms with Crippen LogP contribution in [0, 0.1) is 0 Å². The average molecular weight is 753 g/mol. The molecule has 0 aromatic heterocycles. The van der Waals surface area contributed by atoms with Crippen molar-refractivity contribution >= 4 is 0 Å². The maximum atomic E-state index is 12.3. The van der Waals surface area contributed by atoms with Crippen molar-refractivity contribution in [2.24, 2.45) is 0 Å². The predicted molar refractivity (Wildman–Crippen MR) is 232 cm³/mol. The first-order valence-electron chi connectivity index (χ1n) is 20.3. The molecule has 0 spiro atoms. The van der Waals surface area contributed by atoms with Crippen molar-refractivity contribution in [2.45, 2.75) is 143 Å². The maximum absolute atomic E-state index is 12.3. The topological polar surface area (TPSA) is 69.9 Å². The molecule has 1 atom stereocenters. The highest BCUT2D eigenvalue weighted by Crippen LogP contribution is 2.44. The van der Waals surface area contributed by atoms with Crippen molar-refractivity contribution in [2.75, 3.05) is 0 Å². The zero-order valence-electron chi connectivity index (χ0n) is 36.2. The normalized spacial score (nSPS) is 14.4. The average Bonchev–Trinajstić information content (AvgIpc) is 3.08.